The van der Waals surface area contributed by atoms with E-state index in [1.54, 1.807) is 0 Å². The second-order valence-electron chi connectivity index (χ2n) is 10.3. The molecule has 3 fully saturated rings. The maximum atomic E-state index is 14.0. The van der Waals surface area contributed by atoms with Crippen molar-refractivity contribution < 1.29 is 22.8 Å². The van der Waals surface area contributed by atoms with E-state index in [9.17, 15) is 22.8 Å². The van der Waals surface area contributed by atoms with Crippen molar-refractivity contribution >= 4 is 11.8 Å². The molecular formula is C26H32F3N3O2. The van der Waals surface area contributed by atoms with E-state index in [0.717, 1.165) is 51.4 Å². The van der Waals surface area contributed by atoms with Crippen LogP contribution in [0, 0.1) is 46.5 Å². The molecule has 1 aromatic rings. The van der Waals surface area contributed by atoms with Crippen molar-refractivity contribution in [1.82, 2.24) is 15.5 Å². The monoisotopic (exact) mass is 475 g/mol. The molecule has 5 rings (SSSR count). The molecule has 184 valence electrons. The molecule has 0 unspecified atom stereocenters. The van der Waals surface area contributed by atoms with Gasteiger partial charge in [0.1, 0.15) is 5.82 Å². The number of carbonyl (C=O) groups excluding carboxylic acids is 2. The minimum absolute atomic E-state index is 0.0179. The SMILES string of the molecule is O=C(NCCCCN1CCCC1)[C@H]1[C@H](C(=O)NCc2cc(F)cc(F)c2F)[C@@H]2C=C[C@H]1C21CC1. The Balaban J connectivity index is 1.20. The van der Waals surface area contributed by atoms with E-state index in [-0.39, 0.29) is 41.2 Å². The first-order valence-corrected chi connectivity index (χ1v) is 12.5. The third-order valence-corrected chi connectivity index (χ3v) is 8.37. The number of hydrogen-bond acceptors (Lipinski definition) is 3. The summed E-state index contributed by atoms with van der Waals surface area (Å²) >= 11 is 0. The van der Waals surface area contributed by atoms with Crippen LogP contribution in [-0.2, 0) is 16.1 Å². The minimum Gasteiger partial charge on any atom is -0.356 e. The first kappa shape index (κ1) is 23.4. The molecular weight excluding hydrogens is 443 g/mol. The first-order valence-electron chi connectivity index (χ1n) is 12.5. The molecule has 1 saturated heterocycles. The molecule has 2 amide bonds. The van der Waals surface area contributed by atoms with E-state index in [4.69, 9.17) is 0 Å². The maximum absolute atomic E-state index is 14.0. The van der Waals surface area contributed by atoms with Crippen LogP contribution in [0.4, 0.5) is 13.2 Å². The molecule has 1 aliphatic heterocycles. The van der Waals surface area contributed by atoms with Crippen LogP contribution in [0.5, 0.6) is 0 Å². The Morgan fingerprint density at radius 3 is 2.24 bits per heavy atom. The standard InChI is InChI=1S/C26H32F3N3O2/c27-17-13-16(23(29)20(28)14-17)15-31-25(34)22-19-6-5-18(26(19)7-8-26)21(22)24(33)30-9-1-2-10-32-11-3-4-12-32/h5-6,13-14,18-19,21-22H,1-4,7-12,15H2,(H,30,33)(H,31,34)/t18-,19+,21-,22-/m1/s1. The molecule has 4 aliphatic rings. The van der Waals surface area contributed by atoms with Crippen molar-refractivity contribution in [2.45, 2.75) is 45.1 Å². The highest BCUT2D eigenvalue weighted by Gasteiger charge is 2.69. The van der Waals surface area contributed by atoms with Gasteiger partial charge in [-0.15, -0.1) is 0 Å². The van der Waals surface area contributed by atoms with Crippen LogP contribution < -0.4 is 10.6 Å². The number of rotatable bonds is 9. The van der Waals surface area contributed by atoms with Crippen LogP contribution in [0.15, 0.2) is 24.3 Å². The lowest BCUT2D eigenvalue weighted by atomic mass is 9.81. The van der Waals surface area contributed by atoms with Crippen LogP contribution in [0.1, 0.15) is 44.1 Å². The zero-order valence-corrected chi connectivity index (χ0v) is 19.3. The summed E-state index contributed by atoms with van der Waals surface area (Å²) in [5.41, 5.74) is -0.264. The lowest BCUT2D eigenvalue weighted by Crippen LogP contribution is -2.44. The molecule has 2 saturated carbocycles. The topological polar surface area (TPSA) is 61.4 Å². The Bertz CT molecular complexity index is 988. The van der Waals surface area contributed by atoms with E-state index in [0.29, 0.717) is 12.6 Å². The van der Waals surface area contributed by atoms with E-state index >= 15 is 0 Å². The van der Waals surface area contributed by atoms with Crippen molar-refractivity contribution in [2.75, 3.05) is 26.2 Å². The van der Waals surface area contributed by atoms with Gasteiger partial charge in [-0.3, -0.25) is 9.59 Å². The molecule has 0 aromatic heterocycles. The molecule has 1 heterocycles. The Morgan fingerprint density at radius 1 is 0.941 bits per heavy atom. The second kappa shape index (κ2) is 9.36. The van der Waals surface area contributed by atoms with E-state index in [2.05, 4.69) is 21.6 Å². The van der Waals surface area contributed by atoms with Crippen LogP contribution >= 0.6 is 0 Å². The average molecular weight is 476 g/mol. The number of halogens is 3. The van der Waals surface area contributed by atoms with Gasteiger partial charge in [-0.2, -0.15) is 0 Å². The van der Waals surface area contributed by atoms with Crippen LogP contribution in [0.2, 0.25) is 0 Å². The van der Waals surface area contributed by atoms with Crippen LogP contribution in [0.3, 0.4) is 0 Å². The maximum Gasteiger partial charge on any atom is 0.224 e. The van der Waals surface area contributed by atoms with Gasteiger partial charge in [0.05, 0.1) is 11.8 Å². The number of hydrogen-bond donors (Lipinski definition) is 2. The lowest BCUT2D eigenvalue weighted by molar-refractivity contribution is -0.135. The summed E-state index contributed by atoms with van der Waals surface area (Å²) in [6.07, 6.45) is 10.6. The summed E-state index contributed by atoms with van der Waals surface area (Å²) in [4.78, 5) is 28.9. The van der Waals surface area contributed by atoms with Gasteiger partial charge < -0.3 is 15.5 Å². The van der Waals surface area contributed by atoms with Crippen LogP contribution in [-0.4, -0.2) is 42.9 Å². The third kappa shape index (κ3) is 4.25. The second-order valence-corrected chi connectivity index (χ2v) is 10.3. The van der Waals surface area contributed by atoms with Gasteiger partial charge in [-0.05, 0) is 81.5 Å². The highest BCUT2D eigenvalue weighted by Crippen LogP contribution is 2.72. The Hall–Kier alpha value is -2.35. The van der Waals surface area contributed by atoms with Gasteiger partial charge in [-0.1, -0.05) is 12.2 Å². The predicted molar refractivity (Wildman–Crippen MR) is 121 cm³/mol. The van der Waals surface area contributed by atoms with Gasteiger partial charge in [0.2, 0.25) is 11.8 Å². The molecule has 1 aromatic carbocycles. The number of benzene rings is 1. The van der Waals surface area contributed by atoms with Gasteiger partial charge in [0, 0.05) is 24.7 Å². The fourth-order valence-electron chi connectivity index (χ4n) is 6.54. The number of amides is 2. The smallest absolute Gasteiger partial charge is 0.224 e. The summed E-state index contributed by atoms with van der Waals surface area (Å²) in [5, 5.41) is 5.70. The van der Waals surface area contributed by atoms with Crippen molar-refractivity contribution in [3.8, 4) is 0 Å². The van der Waals surface area contributed by atoms with Crippen molar-refractivity contribution in [1.29, 1.82) is 0 Å². The van der Waals surface area contributed by atoms with Gasteiger partial charge in [-0.25, -0.2) is 13.2 Å². The summed E-state index contributed by atoms with van der Waals surface area (Å²) in [7, 11) is 0. The number of carbonyl (C=O) groups is 2. The van der Waals surface area contributed by atoms with Gasteiger partial charge >= 0.3 is 0 Å². The number of likely N-dealkylation sites (tertiary alicyclic amines) is 1. The molecule has 8 heteroatoms. The number of nitrogens with one attached hydrogen (secondary N) is 2. The molecule has 5 nitrogen and oxygen atoms in total. The molecule has 34 heavy (non-hydrogen) atoms. The molecule has 2 N–H and O–H groups in total. The summed E-state index contributed by atoms with van der Waals surface area (Å²) in [5.74, 6) is -4.84. The van der Waals surface area contributed by atoms with Gasteiger partial charge in [0.15, 0.2) is 11.6 Å². The quantitative estimate of drug-likeness (QED) is 0.326. The van der Waals surface area contributed by atoms with Crippen molar-refractivity contribution in [3.63, 3.8) is 0 Å². The van der Waals surface area contributed by atoms with Crippen molar-refractivity contribution in [2.24, 2.45) is 29.1 Å². The van der Waals surface area contributed by atoms with E-state index < -0.39 is 29.3 Å². The third-order valence-electron chi connectivity index (χ3n) is 8.37. The highest BCUT2D eigenvalue weighted by atomic mass is 19.2. The number of allylic oxidation sites excluding steroid dienone is 2. The molecule has 2 bridgehead atoms. The summed E-state index contributed by atoms with van der Waals surface area (Å²) < 4.78 is 41.1. The predicted octanol–water partition coefficient (Wildman–Crippen LogP) is 3.54. The lowest BCUT2D eigenvalue weighted by Gasteiger charge is -2.26. The largest absolute Gasteiger partial charge is 0.356 e. The number of nitrogens with zero attached hydrogens (tertiary/aromatic N) is 1. The first-order chi connectivity index (χ1) is 16.4. The van der Waals surface area contributed by atoms with E-state index in [1.165, 1.54) is 12.8 Å². The normalized spacial score (nSPS) is 28.6. The molecule has 0 radical (unpaired) electrons. The minimum atomic E-state index is -1.29. The highest BCUT2D eigenvalue weighted by molar-refractivity contribution is 5.90. The summed E-state index contributed by atoms with van der Waals surface area (Å²) in [6.45, 7) is 3.63. The zero-order valence-electron chi connectivity index (χ0n) is 19.3. The zero-order chi connectivity index (χ0) is 23.9. The molecule has 4 atom stereocenters. The van der Waals surface area contributed by atoms with E-state index in [1.807, 2.05) is 6.08 Å². The van der Waals surface area contributed by atoms with Crippen LogP contribution in [0.25, 0.3) is 0 Å². The Labute approximate surface area is 198 Å². The fraction of sp³-hybridized carbons (Fsp3) is 0.615. The Kier molecular flexibility index (Phi) is 6.44. The Morgan fingerprint density at radius 2 is 1.59 bits per heavy atom. The van der Waals surface area contributed by atoms with Gasteiger partial charge in [0.25, 0.3) is 0 Å². The van der Waals surface area contributed by atoms with Crippen molar-refractivity contribution in [3.05, 3.63) is 47.3 Å². The summed E-state index contributed by atoms with van der Waals surface area (Å²) in [6, 6.07) is 1.36. The molecule has 3 aliphatic carbocycles. The average Bonchev–Trinajstić information content (AvgIpc) is 3.17. The fourth-order valence-corrected chi connectivity index (χ4v) is 6.54. The molecule has 1 spiro atoms. The number of unbranched alkanes of at least 4 members (excludes halogenated alkanes) is 1.